The lowest BCUT2D eigenvalue weighted by Gasteiger charge is -2.14. The molecule has 2 heterocycles. The molecule has 2 rings (SSSR count). The normalized spacial score (nSPS) is 19.9. The molecule has 5 nitrogen and oxygen atoms in total. The van der Waals surface area contributed by atoms with Gasteiger partial charge in [-0.1, -0.05) is 0 Å². The molecule has 1 atom stereocenters. The van der Waals surface area contributed by atoms with Crippen LogP contribution >= 0.6 is 0 Å². The van der Waals surface area contributed by atoms with E-state index in [1.54, 1.807) is 18.0 Å². The summed E-state index contributed by atoms with van der Waals surface area (Å²) in [6.45, 7) is 4.92. The molecule has 1 aliphatic heterocycles. The standard InChI is InChI=1S/C12H19N3O2/c1-8(2)15-11(10(17-3)7-14-15)12(16)9-5-4-6-13-9/h7-9,13H,4-6H2,1-3H3. The summed E-state index contributed by atoms with van der Waals surface area (Å²) in [5, 5.41) is 7.44. The highest BCUT2D eigenvalue weighted by Crippen LogP contribution is 2.24. The van der Waals surface area contributed by atoms with Crippen LogP contribution in [0.1, 0.15) is 43.2 Å². The average Bonchev–Trinajstić information content (AvgIpc) is 2.96. The van der Waals surface area contributed by atoms with Crippen LogP contribution < -0.4 is 10.1 Å². The molecule has 0 aliphatic carbocycles. The number of aromatic nitrogens is 2. The summed E-state index contributed by atoms with van der Waals surface area (Å²) in [6, 6.07) is 0.0670. The fraction of sp³-hybridized carbons (Fsp3) is 0.667. The number of Topliss-reactive ketones (excluding diaryl/α,β-unsaturated/α-hetero) is 1. The molecule has 1 fully saturated rings. The van der Waals surface area contributed by atoms with Gasteiger partial charge in [0.05, 0.1) is 19.3 Å². The second-order valence-corrected chi connectivity index (χ2v) is 4.61. The molecule has 0 amide bonds. The topological polar surface area (TPSA) is 56.2 Å². The second-order valence-electron chi connectivity index (χ2n) is 4.61. The third kappa shape index (κ3) is 2.20. The number of ether oxygens (including phenoxy) is 1. The quantitative estimate of drug-likeness (QED) is 0.804. The first-order chi connectivity index (χ1) is 8.15. The van der Waals surface area contributed by atoms with Crippen molar-refractivity contribution in [2.75, 3.05) is 13.7 Å². The smallest absolute Gasteiger partial charge is 0.201 e. The zero-order valence-corrected chi connectivity index (χ0v) is 10.6. The Morgan fingerprint density at radius 1 is 1.65 bits per heavy atom. The largest absolute Gasteiger partial charge is 0.493 e. The lowest BCUT2D eigenvalue weighted by Crippen LogP contribution is -2.32. The third-order valence-corrected chi connectivity index (χ3v) is 3.08. The highest BCUT2D eigenvalue weighted by Gasteiger charge is 2.29. The minimum atomic E-state index is -0.0851. The SMILES string of the molecule is COc1cnn(C(C)C)c1C(=O)C1CCCN1. The maximum atomic E-state index is 12.4. The predicted octanol–water partition coefficient (Wildman–Crippen LogP) is 1.41. The molecule has 1 saturated heterocycles. The van der Waals surface area contributed by atoms with E-state index >= 15 is 0 Å². The molecule has 1 N–H and O–H groups in total. The Labute approximate surface area is 101 Å². The summed E-state index contributed by atoms with van der Waals surface area (Å²) in [4.78, 5) is 12.4. The van der Waals surface area contributed by atoms with E-state index in [1.165, 1.54) is 0 Å². The van der Waals surface area contributed by atoms with Crippen molar-refractivity contribution in [1.82, 2.24) is 15.1 Å². The summed E-state index contributed by atoms with van der Waals surface area (Å²) >= 11 is 0. The van der Waals surface area contributed by atoms with Crippen molar-refractivity contribution in [2.24, 2.45) is 0 Å². The molecule has 0 spiro atoms. The van der Waals surface area contributed by atoms with Crippen LogP contribution in [0.4, 0.5) is 0 Å². The lowest BCUT2D eigenvalue weighted by molar-refractivity contribution is 0.0936. The first-order valence-electron chi connectivity index (χ1n) is 6.04. The van der Waals surface area contributed by atoms with Crippen molar-refractivity contribution in [3.63, 3.8) is 0 Å². The van der Waals surface area contributed by atoms with E-state index in [9.17, 15) is 4.79 Å². The van der Waals surface area contributed by atoms with Gasteiger partial charge in [0, 0.05) is 6.04 Å². The Kier molecular flexibility index (Phi) is 3.47. The van der Waals surface area contributed by atoms with Crippen LogP contribution in [0, 0.1) is 0 Å². The zero-order valence-electron chi connectivity index (χ0n) is 10.6. The highest BCUT2D eigenvalue weighted by atomic mass is 16.5. The van der Waals surface area contributed by atoms with Crippen LogP contribution in [-0.2, 0) is 0 Å². The Bertz CT molecular complexity index is 406. The number of hydrogen-bond donors (Lipinski definition) is 1. The van der Waals surface area contributed by atoms with Gasteiger partial charge in [-0.05, 0) is 33.2 Å². The molecule has 0 bridgehead atoms. The number of nitrogens with one attached hydrogen (secondary N) is 1. The fourth-order valence-electron chi connectivity index (χ4n) is 2.20. The minimum absolute atomic E-state index is 0.0851. The zero-order chi connectivity index (χ0) is 12.4. The van der Waals surface area contributed by atoms with Gasteiger partial charge in [-0.15, -0.1) is 0 Å². The maximum absolute atomic E-state index is 12.4. The van der Waals surface area contributed by atoms with Gasteiger partial charge in [0.25, 0.3) is 0 Å². The lowest BCUT2D eigenvalue weighted by atomic mass is 10.1. The molecule has 94 valence electrons. The van der Waals surface area contributed by atoms with Gasteiger partial charge >= 0.3 is 0 Å². The number of hydrogen-bond acceptors (Lipinski definition) is 4. The fourth-order valence-corrected chi connectivity index (χ4v) is 2.20. The summed E-state index contributed by atoms with van der Waals surface area (Å²) in [7, 11) is 1.57. The van der Waals surface area contributed by atoms with Crippen LogP contribution in [0.5, 0.6) is 5.75 Å². The summed E-state index contributed by atoms with van der Waals surface area (Å²) in [6.07, 6.45) is 3.56. The van der Waals surface area contributed by atoms with E-state index in [1.807, 2.05) is 13.8 Å². The number of carbonyl (C=O) groups is 1. The van der Waals surface area contributed by atoms with Gasteiger partial charge in [0.2, 0.25) is 5.78 Å². The monoisotopic (exact) mass is 237 g/mol. The van der Waals surface area contributed by atoms with E-state index in [0.717, 1.165) is 19.4 Å². The van der Waals surface area contributed by atoms with Crippen molar-refractivity contribution >= 4 is 5.78 Å². The Balaban J connectivity index is 2.34. The molecule has 5 heteroatoms. The molecule has 1 aliphatic rings. The molecular formula is C12H19N3O2. The van der Waals surface area contributed by atoms with E-state index in [2.05, 4.69) is 10.4 Å². The molecular weight excluding hydrogens is 218 g/mol. The molecule has 0 aromatic carbocycles. The van der Waals surface area contributed by atoms with E-state index < -0.39 is 0 Å². The van der Waals surface area contributed by atoms with Crippen molar-refractivity contribution in [2.45, 2.75) is 38.8 Å². The Morgan fingerprint density at radius 3 is 2.94 bits per heavy atom. The van der Waals surface area contributed by atoms with Crippen LogP contribution in [-0.4, -0.2) is 35.3 Å². The van der Waals surface area contributed by atoms with Gasteiger partial charge in [0.1, 0.15) is 5.69 Å². The first-order valence-corrected chi connectivity index (χ1v) is 6.04. The van der Waals surface area contributed by atoms with E-state index in [-0.39, 0.29) is 17.9 Å². The highest BCUT2D eigenvalue weighted by molar-refractivity contribution is 6.01. The number of rotatable bonds is 4. The van der Waals surface area contributed by atoms with E-state index in [4.69, 9.17) is 4.74 Å². The van der Waals surface area contributed by atoms with Gasteiger partial charge in [-0.3, -0.25) is 9.48 Å². The molecule has 17 heavy (non-hydrogen) atoms. The second kappa shape index (κ2) is 4.87. The third-order valence-electron chi connectivity index (χ3n) is 3.08. The van der Waals surface area contributed by atoms with Crippen molar-refractivity contribution in [3.05, 3.63) is 11.9 Å². The predicted molar refractivity (Wildman–Crippen MR) is 64.5 cm³/mol. The Morgan fingerprint density at radius 2 is 2.41 bits per heavy atom. The summed E-state index contributed by atoms with van der Waals surface area (Å²) in [5.74, 6) is 0.656. The van der Waals surface area contributed by atoms with Crippen molar-refractivity contribution < 1.29 is 9.53 Å². The number of carbonyl (C=O) groups excluding carboxylic acids is 1. The number of nitrogens with zero attached hydrogens (tertiary/aromatic N) is 2. The molecule has 1 aromatic rings. The molecule has 1 aromatic heterocycles. The van der Waals surface area contributed by atoms with Crippen molar-refractivity contribution in [1.29, 1.82) is 0 Å². The van der Waals surface area contributed by atoms with Gasteiger partial charge in [-0.2, -0.15) is 5.10 Å². The number of ketones is 1. The van der Waals surface area contributed by atoms with Gasteiger partial charge < -0.3 is 10.1 Å². The summed E-state index contributed by atoms with van der Waals surface area (Å²) in [5.41, 5.74) is 0.585. The molecule has 0 radical (unpaired) electrons. The van der Waals surface area contributed by atoms with Crippen LogP contribution in [0.25, 0.3) is 0 Å². The number of methoxy groups -OCH3 is 1. The van der Waals surface area contributed by atoms with Gasteiger partial charge in [-0.25, -0.2) is 0 Å². The van der Waals surface area contributed by atoms with Crippen LogP contribution in [0.3, 0.4) is 0 Å². The molecule has 1 unspecified atom stereocenters. The van der Waals surface area contributed by atoms with Gasteiger partial charge in [0.15, 0.2) is 5.75 Å². The summed E-state index contributed by atoms with van der Waals surface area (Å²) < 4.78 is 6.96. The van der Waals surface area contributed by atoms with Crippen LogP contribution in [0.15, 0.2) is 6.20 Å². The van der Waals surface area contributed by atoms with Crippen molar-refractivity contribution in [3.8, 4) is 5.75 Å². The van der Waals surface area contributed by atoms with Crippen LogP contribution in [0.2, 0.25) is 0 Å². The average molecular weight is 237 g/mol. The molecule has 0 saturated carbocycles. The Hall–Kier alpha value is -1.36. The van der Waals surface area contributed by atoms with E-state index in [0.29, 0.717) is 11.4 Å². The minimum Gasteiger partial charge on any atom is -0.493 e. The maximum Gasteiger partial charge on any atom is 0.201 e. The first kappa shape index (κ1) is 12.1.